The van der Waals surface area contributed by atoms with Crippen LogP contribution in [0, 0.1) is 6.92 Å². The maximum atomic E-state index is 12.7. The topological polar surface area (TPSA) is 25.9 Å². The van der Waals surface area contributed by atoms with Crippen molar-refractivity contribution in [2.24, 2.45) is 7.05 Å². The lowest BCUT2D eigenvalue weighted by atomic mass is 10.2. The summed E-state index contributed by atoms with van der Waals surface area (Å²) in [6.07, 6.45) is 0. The highest BCUT2D eigenvalue weighted by atomic mass is 16.1. The van der Waals surface area contributed by atoms with Crippen molar-refractivity contribution in [3.8, 4) is 5.69 Å². The van der Waals surface area contributed by atoms with E-state index in [-0.39, 0.29) is 5.56 Å². The second-order valence-electron chi connectivity index (χ2n) is 4.60. The monoisotopic (exact) mass is 251 g/mol. The van der Waals surface area contributed by atoms with Gasteiger partial charge in [-0.2, -0.15) is 4.57 Å². The van der Waals surface area contributed by atoms with E-state index >= 15 is 0 Å². The molecule has 0 aliphatic heterocycles. The molecule has 0 bridgehead atoms. The van der Waals surface area contributed by atoms with Gasteiger partial charge in [0.05, 0.1) is 7.05 Å². The Hall–Kier alpha value is -2.42. The van der Waals surface area contributed by atoms with Crippen LogP contribution in [-0.4, -0.2) is 4.57 Å². The minimum absolute atomic E-state index is 0.0254. The zero-order valence-electron chi connectivity index (χ0n) is 11.0. The highest BCUT2D eigenvalue weighted by molar-refractivity contribution is 5.74. The number of aryl methyl sites for hydroxylation is 1. The first kappa shape index (κ1) is 11.7. The SMILES string of the molecule is Cc1n(-c2ccccc2)c(=O)c2ccccc2[n+]1C. The number of aromatic nitrogens is 2. The van der Waals surface area contributed by atoms with Gasteiger partial charge >= 0.3 is 5.56 Å². The quantitative estimate of drug-likeness (QED) is 0.608. The van der Waals surface area contributed by atoms with Gasteiger partial charge in [0.1, 0.15) is 16.6 Å². The van der Waals surface area contributed by atoms with E-state index in [1.165, 1.54) is 0 Å². The Balaban J connectivity index is 2.48. The lowest BCUT2D eigenvalue weighted by Crippen LogP contribution is -2.41. The number of nitrogens with zero attached hydrogens (tertiary/aromatic N) is 2. The molecule has 0 atom stereocenters. The first-order chi connectivity index (χ1) is 9.20. The summed E-state index contributed by atoms with van der Waals surface area (Å²) in [7, 11) is 1.98. The predicted molar refractivity (Wildman–Crippen MR) is 75.5 cm³/mol. The predicted octanol–water partition coefficient (Wildman–Crippen LogP) is 2.12. The average Bonchev–Trinajstić information content (AvgIpc) is 2.46. The lowest BCUT2D eigenvalue weighted by molar-refractivity contribution is -0.655. The summed E-state index contributed by atoms with van der Waals surface area (Å²) in [5.41, 5.74) is 1.88. The van der Waals surface area contributed by atoms with Crippen LogP contribution >= 0.6 is 0 Å². The Labute approximate surface area is 111 Å². The smallest absolute Gasteiger partial charge is 0.240 e. The highest BCUT2D eigenvalue weighted by Gasteiger charge is 2.19. The molecule has 1 aromatic heterocycles. The third kappa shape index (κ3) is 1.74. The Bertz CT molecular complexity index is 804. The molecule has 3 heteroatoms. The van der Waals surface area contributed by atoms with Crippen LogP contribution < -0.4 is 10.1 Å². The third-order valence-corrected chi connectivity index (χ3v) is 3.52. The van der Waals surface area contributed by atoms with E-state index in [0.29, 0.717) is 0 Å². The summed E-state index contributed by atoms with van der Waals surface area (Å²) in [5.74, 6) is 0.912. The maximum absolute atomic E-state index is 12.7. The van der Waals surface area contributed by atoms with Gasteiger partial charge in [0.15, 0.2) is 0 Å². The van der Waals surface area contributed by atoms with Crippen molar-refractivity contribution >= 4 is 10.9 Å². The molecule has 0 unspecified atom stereocenters. The number of benzene rings is 2. The van der Waals surface area contributed by atoms with Crippen LogP contribution in [0.3, 0.4) is 0 Å². The standard InChI is InChI=1S/C16H15N2O/c1-12-17(2)15-11-7-6-10-14(15)16(19)18(12)13-8-4-3-5-9-13/h3-11H,1-2H3/q+1. The summed E-state index contributed by atoms with van der Waals surface area (Å²) in [5, 5.41) is 0.736. The van der Waals surface area contributed by atoms with E-state index in [1.54, 1.807) is 4.57 Å². The third-order valence-electron chi connectivity index (χ3n) is 3.52. The Morgan fingerprint density at radius 2 is 1.58 bits per heavy atom. The molecule has 0 fully saturated rings. The lowest BCUT2D eigenvalue weighted by Gasteiger charge is -2.08. The Morgan fingerprint density at radius 3 is 2.32 bits per heavy atom. The van der Waals surface area contributed by atoms with Gasteiger partial charge in [-0.25, -0.2) is 9.36 Å². The van der Waals surface area contributed by atoms with Crippen LogP contribution in [0.25, 0.3) is 16.6 Å². The van der Waals surface area contributed by atoms with Crippen LogP contribution in [0.5, 0.6) is 0 Å². The van der Waals surface area contributed by atoms with Gasteiger partial charge in [0, 0.05) is 6.92 Å². The molecule has 1 heterocycles. The molecular weight excluding hydrogens is 236 g/mol. The van der Waals surface area contributed by atoms with Gasteiger partial charge in [-0.05, 0) is 24.3 Å². The zero-order valence-corrected chi connectivity index (χ0v) is 11.0. The second-order valence-corrected chi connectivity index (χ2v) is 4.60. The molecule has 0 N–H and O–H groups in total. The van der Waals surface area contributed by atoms with Crippen LogP contribution in [0.15, 0.2) is 59.4 Å². The van der Waals surface area contributed by atoms with E-state index in [1.807, 2.05) is 73.1 Å². The number of fused-ring (bicyclic) bond motifs is 1. The molecule has 3 nitrogen and oxygen atoms in total. The van der Waals surface area contributed by atoms with Crippen LogP contribution in [0.2, 0.25) is 0 Å². The molecule has 3 aromatic rings. The molecule has 0 saturated carbocycles. The fourth-order valence-corrected chi connectivity index (χ4v) is 2.42. The summed E-state index contributed by atoms with van der Waals surface area (Å²) in [6.45, 7) is 1.96. The fraction of sp³-hybridized carbons (Fsp3) is 0.125. The summed E-state index contributed by atoms with van der Waals surface area (Å²) < 4.78 is 3.80. The molecule has 0 aliphatic carbocycles. The molecule has 0 spiro atoms. The molecule has 2 aromatic carbocycles. The van der Waals surface area contributed by atoms with E-state index < -0.39 is 0 Å². The van der Waals surface area contributed by atoms with Gasteiger partial charge in [-0.3, -0.25) is 0 Å². The minimum atomic E-state index is 0.0254. The first-order valence-corrected chi connectivity index (χ1v) is 6.26. The van der Waals surface area contributed by atoms with Gasteiger partial charge in [0.25, 0.3) is 5.82 Å². The van der Waals surface area contributed by atoms with Crippen LogP contribution in [0.1, 0.15) is 5.82 Å². The summed E-state index contributed by atoms with van der Waals surface area (Å²) in [6, 6.07) is 17.4. The molecular formula is C16H15N2O+. The van der Waals surface area contributed by atoms with Gasteiger partial charge in [-0.1, -0.05) is 30.3 Å². The molecule has 3 rings (SSSR count). The van der Waals surface area contributed by atoms with Gasteiger partial charge in [0.2, 0.25) is 0 Å². The van der Waals surface area contributed by atoms with Crippen molar-refractivity contribution < 1.29 is 4.57 Å². The van der Waals surface area contributed by atoms with E-state index in [4.69, 9.17) is 0 Å². The number of rotatable bonds is 1. The fourth-order valence-electron chi connectivity index (χ4n) is 2.42. The maximum Gasteiger partial charge on any atom is 0.350 e. The van der Waals surface area contributed by atoms with E-state index in [9.17, 15) is 4.79 Å². The number of hydrogen-bond acceptors (Lipinski definition) is 1. The highest BCUT2D eigenvalue weighted by Crippen LogP contribution is 2.10. The van der Waals surface area contributed by atoms with E-state index in [0.717, 1.165) is 22.4 Å². The molecule has 0 aliphatic rings. The van der Waals surface area contributed by atoms with Crippen LogP contribution in [0.4, 0.5) is 0 Å². The Kier molecular flexibility index (Phi) is 2.67. The van der Waals surface area contributed by atoms with Gasteiger partial charge in [-0.15, -0.1) is 0 Å². The molecule has 94 valence electrons. The van der Waals surface area contributed by atoms with Gasteiger partial charge < -0.3 is 0 Å². The molecule has 19 heavy (non-hydrogen) atoms. The van der Waals surface area contributed by atoms with Crippen molar-refractivity contribution in [1.29, 1.82) is 0 Å². The zero-order chi connectivity index (χ0) is 13.4. The van der Waals surface area contributed by atoms with Crippen molar-refractivity contribution in [1.82, 2.24) is 4.57 Å². The second kappa shape index (κ2) is 4.35. The number of para-hydroxylation sites is 2. The van der Waals surface area contributed by atoms with Crippen LogP contribution in [-0.2, 0) is 7.05 Å². The Morgan fingerprint density at radius 1 is 0.947 bits per heavy atom. The normalized spacial score (nSPS) is 10.8. The minimum Gasteiger partial charge on any atom is -0.240 e. The molecule has 0 saturated heterocycles. The first-order valence-electron chi connectivity index (χ1n) is 6.26. The molecule has 0 amide bonds. The van der Waals surface area contributed by atoms with Crippen molar-refractivity contribution in [3.63, 3.8) is 0 Å². The van der Waals surface area contributed by atoms with Crippen molar-refractivity contribution in [2.45, 2.75) is 6.92 Å². The van der Waals surface area contributed by atoms with Crippen molar-refractivity contribution in [3.05, 3.63) is 70.8 Å². The number of hydrogen-bond donors (Lipinski definition) is 0. The summed E-state index contributed by atoms with van der Waals surface area (Å²) in [4.78, 5) is 12.7. The average molecular weight is 251 g/mol. The largest absolute Gasteiger partial charge is 0.350 e. The molecule has 0 radical (unpaired) electrons. The van der Waals surface area contributed by atoms with E-state index in [2.05, 4.69) is 0 Å². The van der Waals surface area contributed by atoms with Crippen molar-refractivity contribution in [2.75, 3.05) is 0 Å². The summed E-state index contributed by atoms with van der Waals surface area (Å²) >= 11 is 0.